The van der Waals surface area contributed by atoms with Gasteiger partial charge in [0.1, 0.15) is 17.3 Å². The van der Waals surface area contributed by atoms with Gasteiger partial charge in [-0.1, -0.05) is 41.1 Å². The molecule has 4 rings (SSSR count). The quantitative estimate of drug-likeness (QED) is 0.288. The molecular formula is C25H21BrN2O4. The first kappa shape index (κ1) is 21.8. The van der Waals surface area contributed by atoms with E-state index in [4.69, 9.17) is 4.74 Å². The predicted octanol–water partition coefficient (Wildman–Crippen LogP) is 5.26. The third-order valence-electron chi connectivity index (χ3n) is 5.11. The molecule has 3 aromatic rings. The molecule has 1 N–H and O–H groups in total. The number of ether oxygens (including phenoxy) is 1. The number of ketones is 1. The largest absolute Gasteiger partial charge is 0.507 e. The third kappa shape index (κ3) is 4.16. The molecule has 1 aromatic heterocycles. The maximum absolute atomic E-state index is 13.1. The lowest BCUT2D eigenvalue weighted by Crippen LogP contribution is -2.30. The Balaban J connectivity index is 1.85. The van der Waals surface area contributed by atoms with Crippen molar-refractivity contribution in [3.8, 4) is 5.75 Å². The fraction of sp³-hybridized carbons (Fsp3) is 0.160. The van der Waals surface area contributed by atoms with E-state index < -0.39 is 17.7 Å². The van der Waals surface area contributed by atoms with Crippen molar-refractivity contribution in [3.63, 3.8) is 0 Å². The molecule has 1 aliphatic heterocycles. The van der Waals surface area contributed by atoms with Gasteiger partial charge in [0.15, 0.2) is 0 Å². The average Bonchev–Trinajstić information content (AvgIpc) is 3.08. The number of nitrogens with zero attached hydrogens (tertiary/aromatic N) is 2. The summed E-state index contributed by atoms with van der Waals surface area (Å²) in [6.45, 7) is 2.60. The van der Waals surface area contributed by atoms with Crippen molar-refractivity contribution in [2.75, 3.05) is 11.5 Å². The number of Topliss-reactive ketones (excluding diaryl/α,β-unsaturated/α-hetero) is 1. The van der Waals surface area contributed by atoms with Crippen LogP contribution >= 0.6 is 15.9 Å². The number of hydrogen-bond acceptors (Lipinski definition) is 5. The van der Waals surface area contributed by atoms with Gasteiger partial charge in [-0.2, -0.15) is 0 Å². The SMILES string of the molecule is CCCOc1ccc(C(O)=C2C(=O)C(=O)N(c3ccccn3)C2c2cccc(Br)c2)cc1. The zero-order valence-corrected chi connectivity index (χ0v) is 19.0. The van der Waals surface area contributed by atoms with Crippen molar-refractivity contribution in [2.45, 2.75) is 19.4 Å². The number of pyridine rings is 1. The van der Waals surface area contributed by atoms with Crippen LogP contribution in [0.4, 0.5) is 5.82 Å². The van der Waals surface area contributed by atoms with Crippen LogP contribution in [-0.2, 0) is 9.59 Å². The molecule has 1 saturated heterocycles. The van der Waals surface area contributed by atoms with Gasteiger partial charge in [0, 0.05) is 16.2 Å². The van der Waals surface area contributed by atoms with Crippen LogP contribution in [0.15, 0.2) is 83.0 Å². The molecule has 1 aliphatic rings. The Morgan fingerprint density at radius 3 is 2.53 bits per heavy atom. The molecule has 0 spiro atoms. The summed E-state index contributed by atoms with van der Waals surface area (Å²) in [6.07, 6.45) is 2.44. The predicted molar refractivity (Wildman–Crippen MR) is 125 cm³/mol. The van der Waals surface area contributed by atoms with Crippen LogP contribution in [0.2, 0.25) is 0 Å². The molecule has 2 heterocycles. The Kier molecular flexibility index (Phi) is 6.37. The zero-order valence-electron chi connectivity index (χ0n) is 17.4. The van der Waals surface area contributed by atoms with E-state index in [1.807, 2.05) is 31.2 Å². The van der Waals surface area contributed by atoms with Crippen molar-refractivity contribution < 1.29 is 19.4 Å². The molecule has 0 radical (unpaired) electrons. The summed E-state index contributed by atoms with van der Waals surface area (Å²) in [5, 5.41) is 11.1. The minimum absolute atomic E-state index is 0.0148. The van der Waals surface area contributed by atoms with Crippen LogP contribution in [0.5, 0.6) is 5.75 Å². The Hall–Kier alpha value is -3.45. The number of benzene rings is 2. The van der Waals surface area contributed by atoms with E-state index in [2.05, 4.69) is 20.9 Å². The topological polar surface area (TPSA) is 79.7 Å². The summed E-state index contributed by atoms with van der Waals surface area (Å²) >= 11 is 3.45. The van der Waals surface area contributed by atoms with Crippen LogP contribution in [-0.4, -0.2) is 28.4 Å². The Bertz CT molecular complexity index is 1180. The molecule has 1 fully saturated rings. The molecule has 1 unspecified atom stereocenters. The summed E-state index contributed by atoms with van der Waals surface area (Å²) < 4.78 is 6.38. The summed E-state index contributed by atoms with van der Waals surface area (Å²) in [5.41, 5.74) is 1.11. The number of halogens is 1. The van der Waals surface area contributed by atoms with Crippen LogP contribution in [0.25, 0.3) is 5.76 Å². The molecule has 2 aromatic carbocycles. The first-order valence-corrected chi connectivity index (χ1v) is 11.0. The van der Waals surface area contributed by atoms with Crippen LogP contribution in [0.3, 0.4) is 0 Å². The van der Waals surface area contributed by atoms with Crippen molar-refractivity contribution in [1.29, 1.82) is 0 Å². The number of rotatable bonds is 6. The lowest BCUT2D eigenvalue weighted by Gasteiger charge is -2.24. The number of anilines is 1. The van der Waals surface area contributed by atoms with E-state index >= 15 is 0 Å². The first-order chi connectivity index (χ1) is 15.5. The minimum atomic E-state index is -0.821. The van der Waals surface area contributed by atoms with E-state index in [0.717, 1.165) is 10.9 Å². The molecule has 0 aliphatic carbocycles. The highest BCUT2D eigenvalue weighted by Crippen LogP contribution is 2.42. The lowest BCUT2D eigenvalue weighted by molar-refractivity contribution is -0.132. The lowest BCUT2D eigenvalue weighted by atomic mass is 9.95. The fourth-order valence-electron chi connectivity index (χ4n) is 3.64. The molecule has 6 nitrogen and oxygen atoms in total. The summed E-state index contributed by atoms with van der Waals surface area (Å²) in [4.78, 5) is 31.8. The van der Waals surface area contributed by atoms with Gasteiger partial charge in [-0.05, 0) is 60.5 Å². The van der Waals surface area contributed by atoms with E-state index in [0.29, 0.717) is 29.3 Å². The third-order valence-corrected chi connectivity index (χ3v) is 5.60. The van der Waals surface area contributed by atoms with Crippen LogP contribution in [0.1, 0.15) is 30.5 Å². The van der Waals surface area contributed by atoms with Crippen LogP contribution in [0, 0.1) is 0 Å². The smallest absolute Gasteiger partial charge is 0.301 e. The number of carbonyl (C=O) groups is 2. The van der Waals surface area contributed by atoms with Crippen molar-refractivity contribution in [3.05, 3.63) is 94.1 Å². The van der Waals surface area contributed by atoms with Crippen LogP contribution < -0.4 is 9.64 Å². The number of amides is 1. The van der Waals surface area contributed by atoms with Gasteiger partial charge in [0.2, 0.25) is 0 Å². The second-order valence-electron chi connectivity index (χ2n) is 7.28. The summed E-state index contributed by atoms with van der Waals surface area (Å²) in [6, 6.07) is 18.4. The normalized spacial score (nSPS) is 17.6. The Morgan fingerprint density at radius 1 is 1.09 bits per heavy atom. The molecule has 32 heavy (non-hydrogen) atoms. The second kappa shape index (κ2) is 9.36. The van der Waals surface area contributed by atoms with Gasteiger partial charge >= 0.3 is 5.91 Å². The zero-order chi connectivity index (χ0) is 22.7. The maximum atomic E-state index is 13.1. The molecule has 162 valence electrons. The van der Waals surface area contributed by atoms with E-state index in [9.17, 15) is 14.7 Å². The highest BCUT2D eigenvalue weighted by atomic mass is 79.9. The highest BCUT2D eigenvalue weighted by molar-refractivity contribution is 9.10. The number of hydrogen-bond donors (Lipinski definition) is 1. The summed E-state index contributed by atoms with van der Waals surface area (Å²) in [7, 11) is 0. The van der Waals surface area contributed by atoms with Gasteiger partial charge in [-0.25, -0.2) is 4.98 Å². The van der Waals surface area contributed by atoms with E-state index in [1.165, 1.54) is 4.90 Å². The van der Waals surface area contributed by atoms with Gasteiger partial charge in [0.05, 0.1) is 18.2 Å². The molecule has 0 saturated carbocycles. The molecule has 1 atom stereocenters. The van der Waals surface area contributed by atoms with Gasteiger partial charge in [0.25, 0.3) is 5.78 Å². The Labute approximate surface area is 194 Å². The highest BCUT2D eigenvalue weighted by Gasteiger charge is 2.47. The second-order valence-corrected chi connectivity index (χ2v) is 8.20. The van der Waals surface area contributed by atoms with Crippen molar-refractivity contribution in [2.24, 2.45) is 0 Å². The molecule has 7 heteroatoms. The first-order valence-electron chi connectivity index (χ1n) is 10.2. The molecule has 0 bridgehead atoms. The Morgan fingerprint density at radius 2 is 1.88 bits per heavy atom. The molecule has 1 amide bonds. The fourth-order valence-corrected chi connectivity index (χ4v) is 4.06. The van der Waals surface area contributed by atoms with Crippen molar-refractivity contribution >= 4 is 39.2 Å². The van der Waals surface area contributed by atoms with E-state index in [1.54, 1.807) is 48.7 Å². The number of aliphatic hydroxyl groups excluding tert-OH is 1. The summed E-state index contributed by atoms with van der Waals surface area (Å²) in [5.74, 6) is -0.737. The monoisotopic (exact) mass is 492 g/mol. The standard InChI is InChI=1S/C25H21BrN2O4/c1-2-14-32-19-11-9-16(10-12-19)23(29)21-22(17-6-5-7-18(26)15-17)28(25(31)24(21)30)20-8-3-4-13-27-20/h3-13,15,22,29H,2,14H2,1H3. The number of carbonyl (C=O) groups excluding carboxylic acids is 2. The number of aliphatic hydroxyl groups is 1. The maximum Gasteiger partial charge on any atom is 0.301 e. The average molecular weight is 493 g/mol. The van der Waals surface area contributed by atoms with E-state index in [-0.39, 0.29) is 11.3 Å². The minimum Gasteiger partial charge on any atom is -0.507 e. The van der Waals surface area contributed by atoms with Gasteiger partial charge < -0.3 is 9.84 Å². The van der Waals surface area contributed by atoms with Crippen molar-refractivity contribution in [1.82, 2.24) is 4.98 Å². The molecular weight excluding hydrogens is 472 g/mol. The number of aromatic nitrogens is 1. The van der Waals surface area contributed by atoms with Gasteiger partial charge in [-0.3, -0.25) is 14.5 Å². The van der Waals surface area contributed by atoms with Gasteiger partial charge in [-0.15, -0.1) is 0 Å².